The summed E-state index contributed by atoms with van der Waals surface area (Å²) in [5.74, 6) is -0.272. The summed E-state index contributed by atoms with van der Waals surface area (Å²) in [6.07, 6.45) is 7.94. The Morgan fingerprint density at radius 2 is 1.23 bits per heavy atom. The molecule has 0 spiro atoms. The van der Waals surface area contributed by atoms with Gasteiger partial charge in [0.2, 0.25) is 0 Å². The number of Topliss-reactive ketones (excluding diaryl/α,β-unsaturated/α-hetero) is 1. The quantitative estimate of drug-likeness (QED) is 0.158. The summed E-state index contributed by atoms with van der Waals surface area (Å²) in [6, 6.07) is 16.9. The molecule has 2 unspecified atom stereocenters. The van der Waals surface area contributed by atoms with Crippen molar-refractivity contribution in [2.45, 2.75) is 91.3 Å². The number of ether oxygens (including phenoxy) is 1. The Morgan fingerprint density at radius 3 is 1.79 bits per heavy atom. The Bertz CT molecular complexity index is 888. The maximum atomic E-state index is 13.6. The maximum absolute atomic E-state index is 13.6. The lowest BCUT2D eigenvalue weighted by atomic mass is 9.93. The molecule has 39 heavy (non-hydrogen) atoms. The molecule has 0 aliphatic heterocycles. The number of unbranched alkanes of at least 4 members (excludes halogenated alkanes) is 4. The van der Waals surface area contributed by atoms with E-state index < -0.39 is 6.10 Å². The molecule has 0 radical (unpaired) electrons. The molecule has 2 aromatic rings. The smallest absolute Gasteiger partial charge is 0.196 e. The largest absolute Gasteiger partial charge is 0.380 e. The van der Waals surface area contributed by atoms with Crippen LogP contribution >= 0.6 is 0 Å². The van der Waals surface area contributed by atoms with Gasteiger partial charge in [-0.25, -0.2) is 0 Å². The van der Waals surface area contributed by atoms with Crippen LogP contribution in [0, 0.1) is 0 Å². The number of rotatable bonds is 22. The summed E-state index contributed by atoms with van der Waals surface area (Å²) in [5, 5.41) is 11.0. The monoisotopic (exact) mass is 538 g/mol. The van der Waals surface area contributed by atoms with Crippen molar-refractivity contribution in [2.75, 3.05) is 45.9 Å². The van der Waals surface area contributed by atoms with Gasteiger partial charge in [-0.3, -0.25) is 4.79 Å². The van der Waals surface area contributed by atoms with E-state index in [1.807, 2.05) is 42.5 Å². The van der Waals surface area contributed by atoms with Crippen molar-refractivity contribution in [2.24, 2.45) is 0 Å². The van der Waals surface area contributed by atoms with Gasteiger partial charge in [-0.1, -0.05) is 108 Å². The van der Waals surface area contributed by atoms with E-state index >= 15 is 0 Å². The van der Waals surface area contributed by atoms with Gasteiger partial charge in [0.25, 0.3) is 0 Å². The minimum absolute atomic E-state index is 0.235. The van der Waals surface area contributed by atoms with Crippen molar-refractivity contribution < 1.29 is 14.6 Å². The first kappa shape index (κ1) is 33.2. The zero-order valence-electron chi connectivity index (χ0n) is 25.1. The Kier molecular flexibility index (Phi) is 16.9. The van der Waals surface area contributed by atoms with Crippen LogP contribution in [0.25, 0.3) is 0 Å². The van der Waals surface area contributed by atoms with Crippen LogP contribution < -0.4 is 0 Å². The molecule has 2 atom stereocenters. The van der Waals surface area contributed by atoms with Crippen LogP contribution in [0.15, 0.2) is 54.6 Å². The van der Waals surface area contributed by atoms with Crippen molar-refractivity contribution in [1.82, 2.24) is 9.80 Å². The number of benzene rings is 2. The second-order valence-electron chi connectivity index (χ2n) is 10.7. The van der Waals surface area contributed by atoms with Gasteiger partial charge in [0.05, 0.1) is 12.7 Å². The minimum atomic E-state index is -1.19. The van der Waals surface area contributed by atoms with E-state index in [1.165, 1.54) is 25.7 Å². The molecule has 218 valence electrons. The van der Waals surface area contributed by atoms with Gasteiger partial charge >= 0.3 is 0 Å². The van der Waals surface area contributed by atoms with Crippen molar-refractivity contribution >= 4 is 5.78 Å². The van der Waals surface area contributed by atoms with Gasteiger partial charge in [-0.2, -0.15) is 0 Å². The fraction of sp³-hybridized carbons (Fsp3) is 0.618. The molecule has 0 aliphatic carbocycles. The first-order chi connectivity index (χ1) is 19.0. The fourth-order valence-corrected chi connectivity index (χ4v) is 4.89. The molecule has 2 aromatic carbocycles. The lowest BCUT2D eigenvalue weighted by Gasteiger charge is -2.30. The molecular formula is C34H54N2O3. The van der Waals surface area contributed by atoms with Crippen LogP contribution in [0.1, 0.15) is 113 Å². The number of ketones is 1. The van der Waals surface area contributed by atoms with Crippen LogP contribution in [0.2, 0.25) is 0 Å². The van der Waals surface area contributed by atoms with Crippen molar-refractivity contribution in [1.29, 1.82) is 0 Å². The van der Waals surface area contributed by atoms with E-state index in [1.54, 1.807) is 12.1 Å². The minimum Gasteiger partial charge on any atom is -0.380 e. The molecule has 0 aromatic heterocycles. The average Bonchev–Trinajstić information content (AvgIpc) is 2.98. The van der Waals surface area contributed by atoms with E-state index in [-0.39, 0.29) is 11.9 Å². The maximum Gasteiger partial charge on any atom is 0.196 e. The van der Waals surface area contributed by atoms with E-state index in [0.717, 1.165) is 70.5 Å². The molecule has 0 saturated carbocycles. The van der Waals surface area contributed by atoms with Crippen LogP contribution in [-0.2, 0) is 4.74 Å². The Morgan fingerprint density at radius 1 is 0.718 bits per heavy atom. The molecule has 2 rings (SSSR count). The summed E-state index contributed by atoms with van der Waals surface area (Å²) >= 11 is 0. The van der Waals surface area contributed by atoms with Crippen LogP contribution in [0.3, 0.4) is 0 Å². The molecule has 0 aliphatic rings. The molecule has 5 heteroatoms. The van der Waals surface area contributed by atoms with Crippen LogP contribution in [0.5, 0.6) is 0 Å². The topological polar surface area (TPSA) is 53.0 Å². The number of hydrogen-bond acceptors (Lipinski definition) is 5. The summed E-state index contributed by atoms with van der Waals surface area (Å²) < 4.78 is 6.67. The van der Waals surface area contributed by atoms with Gasteiger partial charge in [0.1, 0.15) is 6.10 Å². The lowest BCUT2D eigenvalue weighted by molar-refractivity contribution is 0.0118. The summed E-state index contributed by atoms with van der Waals surface area (Å²) in [4.78, 5) is 18.6. The van der Waals surface area contributed by atoms with Gasteiger partial charge < -0.3 is 19.6 Å². The number of aliphatic hydroxyl groups is 1. The molecule has 1 N–H and O–H groups in total. The summed E-state index contributed by atoms with van der Waals surface area (Å²) in [6.45, 7) is 15.4. The zero-order valence-corrected chi connectivity index (χ0v) is 25.1. The van der Waals surface area contributed by atoms with E-state index in [4.69, 9.17) is 4.74 Å². The number of nitrogens with zero attached hydrogens (tertiary/aromatic N) is 2. The second kappa shape index (κ2) is 19.9. The normalized spacial score (nSPS) is 13.2. The number of carbonyl (C=O) groups excluding carboxylic acids is 1. The molecular weight excluding hydrogens is 484 g/mol. The van der Waals surface area contributed by atoms with Crippen molar-refractivity contribution in [3.05, 3.63) is 71.3 Å². The predicted octanol–water partition coefficient (Wildman–Crippen LogP) is 7.47. The Hall–Kier alpha value is -2.05. The highest BCUT2D eigenvalue weighted by Crippen LogP contribution is 2.28. The summed E-state index contributed by atoms with van der Waals surface area (Å²) in [5.41, 5.74) is 2.05. The molecule has 0 bridgehead atoms. The highest BCUT2D eigenvalue weighted by molar-refractivity contribution is 6.01. The van der Waals surface area contributed by atoms with E-state index in [2.05, 4.69) is 37.5 Å². The molecule has 0 saturated heterocycles. The second-order valence-corrected chi connectivity index (χ2v) is 10.7. The Balaban J connectivity index is 2.30. The number of carbonyl (C=O) groups is 1. The molecule has 0 fully saturated rings. The van der Waals surface area contributed by atoms with Gasteiger partial charge in [0, 0.05) is 18.7 Å². The van der Waals surface area contributed by atoms with E-state index in [0.29, 0.717) is 17.7 Å². The van der Waals surface area contributed by atoms with Gasteiger partial charge in [-0.15, -0.1) is 0 Å². The average molecular weight is 539 g/mol. The number of aliphatic hydroxyl groups excluding tert-OH is 1. The molecule has 0 heterocycles. The third-order valence-electron chi connectivity index (χ3n) is 7.40. The summed E-state index contributed by atoms with van der Waals surface area (Å²) in [7, 11) is 0. The predicted molar refractivity (Wildman–Crippen MR) is 163 cm³/mol. The zero-order chi connectivity index (χ0) is 28.3. The van der Waals surface area contributed by atoms with Crippen molar-refractivity contribution in [3.8, 4) is 0 Å². The molecule has 5 nitrogen and oxygen atoms in total. The van der Waals surface area contributed by atoms with Gasteiger partial charge in [-0.05, 0) is 63.0 Å². The van der Waals surface area contributed by atoms with Crippen LogP contribution in [0.4, 0.5) is 0 Å². The standard InChI is InChI=1S/C34H54N2O3/c1-5-9-22-35(23-10-6-2)26-27-39-32(28-36(24-11-7-3)25-12-8-4)30-20-16-17-21-31(30)34(38)33(37)29-18-14-13-15-19-29/h13-21,32-33,37H,5-12,22-28H2,1-4H3. The van der Waals surface area contributed by atoms with E-state index in [9.17, 15) is 9.90 Å². The highest BCUT2D eigenvalue weighted by atomic mass is 16.5. The third kappa shape index (κ3) is 11.9. The first-order valence-corrected chi connectivity index (χ1v) is 15.5. The highest BCUT2D eigenvalue weighted by Gasteiger charge is 2.26. The first-order valence-electron chi connectivity index (χ1n) is 15.5. The number of hydrogen-bond donors (Lipinski definition) is 1. The lowest BCUT2D eigenvalue weighted by Crippen LogP contribution is -2.34. The molecule has 0 amide bonds. The van der Waals surface area contributed by atoms with Gasteiger partial charge in [0.15, 0.2) is 5.78 Å². The SMILES string of the molecule is CCCCN(CCCC)CCOC(CN(CCCC)CCCC)c1ccccc1C(=O)C(O)c1ccccc1. The van der Waals surface area contributed by atoms with Crippen molar-refractivity contribution in [3.63, 3.8) is 0 Å². The fourth-order valence-electron chi connectivity index (χ4n) is 4.89. The third-order valence-corrected chi connectivity index (χ3v) is 7.40. The van der Waals surface area contributed by atoms with Crippen LogP contribution in [-0.4, -0.2) is 66.6 Å². The Labute approximate surface area is 238 Å².